The van der Waals surface area contributed by atoms with E-state index in [-0.39, 0.29) is 6.61 Å². The van der Waals surface area contributed by atoms with Gasteiger partial charge in [0.15, 0.2) is 0 Å². The number of rotatable bonds is 4. The third-order valence-corrected chi connectivity index (χ3v) is 3.95. The number of hydrogen-bond acceptors (Lipinski definition) is 4. The molecule has 0 fully saturated rings. The van der Waals surface area contributed by atoms with Crippen LogP contribution < -0.4 is 5.63 Å². The monoisotopic (exact) mass is 310 g/mol. The third kappa shape index (κ3) is 3.42. The first-order valence-corrected chi connectivity index (χ1v) is 7.72. The van der Waals surface area contributed by atoms with Crippen LogP contribution in [0.5, 0.6) is 0 Å². The van der Waals surface area contributed by atoms with Crippen LogP contribution in [0.25, 0.3) is 11.0 Å². The van der Waals surface area contributed by atoms with Gasteiger partial charge in [0, 0.05) is 23.1 Å². The molecule has 4 nitrogen and oxygen atoms in total. The van der Waals surface area contributed by atoms with E-state index in [9.17, 15) is 9.59 Å². The highest BCUT2D eigenvalue weighted by Crippen LogP contribution is 2.28. The van der Waals surface area contributed by atoms with Crippen LogP contribution in [0.2, 0.25) is 0 Å². The van der Waals surface area contributed by atoms with Gasteiger partial charge in [0.2, 0.25) is 0 Å². The highest BCUT2D eigenvalue weighted by Gasteiger charge is 2.15. The molecule has 1 aromatic heterocycles. The molecule has 0 saturated heterocycles. The van der Waals surface area contributed by atoms with Gasteiger partial charge in [-0.1, -0.05) is 18.2 Å². The molecule has 0 amide bonds. The van der Waals surface area contributed by atoms with Crippen LogP contribution in [-0.4, -0.2) is 5.97 Å². The quantitative estimate of drug-likeness (QED) is 0.375. The molecule has 3 rings (SSSR count). The molecule has 4 heteroatoms. The molecule has 1 aliphatic rings. The van der Waals surface area contributed by atoms with Crippen molar-refractivity contribution in [3.8, 4) is 0 Å². The molecule has 2 aromatic rings. The lowest BCUT2D eigenvalue weighted by Crippen LogP contribution is -2.06. The maximum atomic E-state index is 11.7. The van der Waals surface area contributed by atoms with Gasteiger partial charge in [-0.2, -0.15) is 0 Å². The third-order valence-electron chi connectivity index (χ3n) is 3.95. The Kier molecular flexibility index (Phi) is 4.42. The second kappa shape index (κ2) is 6.65. The van der Waals surface area contributed by atoms with Crippen LogP contribution in [0.1, 0.15) is 30.0 Å². The van der Waals surface area contributed by atoms with Gasteiger partial charge in [-0.3, -0.25) is 0 Å². The topological polar surface area (TPSA) is 56.5 Å². The van der Waals surface area contributed by atoms with Crippen molar-refractivity contribution in [1.29, 1.82) is 0 Å². The molecule has 23 heavy (non-hydrogen) atoms. The van der Waals surface area contributed by atoms with E-state index in [1.807, 2.05) is 19.1 Å². The number of benzene rings is 1. The van der Waals surface area contributed by atoms with Crippen molar-refractivity contribution < 1.29 is 13.9 Å². The fourth-order valence-corrected chi connectivity index (χ4v) is 2.86. The predicted octanol–water partition coefficient (Wildman–Crippen LogP) is 3.46. The Morgan fingerprint density at radius 2 is 2.00 bits per heavy atom. The summed E-state index contributed by atoms with van der Waals surface area (Å²) in [4.78, 5) is 23.4. The Morgan fingerprint density at radius 3 is 2.78 bits per heavy atom. The van der Waals surface area contributed by atoms with Crippen molar-refractivity contribution in [2.45, 2.75) is 32.8 Å². The van der Waals surface area contributed by atoms with Gasteiger partial charge in [0.25, 0.3) is 0 Å². The van der Waals surface area contributed by atoms with Crippen LogP contribution in [0.15, 0.2) is 51.7 Å². The molecule has 1 aliphatic carbocycles. The van der Waals surface area contributed by atoms with E-state index < -0.39 is 11.6 Å². The predicted molar refractivity (Wildman–Crippen MR) is 88.3 cm³/mol. The summed E-state index contributed by atoms with van der Waals surface area (Å²) in [7, 11) is 0. The summed E-state index contributed by atoms with van der Waals surface area (Å²) < 4.78 is 10.5. The average molecular weight is 310 g/mol. The first-order chi connectivity index (χ1) is 11.2. The number of fused-ring (bicyclic) bond motifs is 2. The van der Waals surface area contributed by atoms with Crippen LogP contribution >= 0.6 is 0 Å². The Bertz CT molecular complexity index is 856. The van der Waals surface area contributed by atoms with Gasteiger partial charge in [0.05, 0.1) is 0 Å². The molecule has 1 aromatic carbocycles. The largest absolute Gasteiger partial charge is 0.458 e. The van der Waals surface area contributed by atoms with E-state index in [2.05, 4.69) is 6.07 Å². The Hall–Kier alpha value is -2.62. The number of carbonyl (C=O) groups excluding carboxylic acids is 1. The summed E-state index contributed by atoms with van der Waals surface area (Å²) in [6.07, 6.45) is 9.71. The lowest BCUT2D eigenvalue weighted by atomic mass is 10.0. The van der Waals surface area contributed by atoms with Crippen molar-refractivity contribution in [3.63, 3.8) is 0 Å². The zero-order valence-electron chi connectivity index (χ0n) is 13.0. The number of aryl methyl sites for hydroxylation is 2. The fraction of sp³-hybridized carbons (Fsp3) is 0.263. The molecule has 0 spiro atoms. The zero-order chi connectivity index (χ0) is 16.2. The van der Waals surface area contributed by atoms with E-state index in [0.29, 0.717) is 11.1 Å². The minimum atomic E-state index is -0.439. The zero-order valence-corrected chi connectivity index (χ0v) is 13.0. The number of esters is 1. The number of carbonyl (C=O) groups is 1. The summed E-state index contributed by atoms with van der Waals surface area (Å²) in [5.41, 5.74) is 3.34. The highest BCUT2D eigenvalue weighted by molar-refractivity contribution is 5.84. The molecule has 1 heterocycles. The maximum absolute atomic E-state index is 11.7. The van der Waals surface area contributed by atoms with Gasteiger partial charge in [-0.05, 0) is 49.4 Å². The van der Waals surface area contributed by atoms with Gasteiger partial charge in [-0.25, -0.2) is 9.59 Å². The lowest BCUT2D eigenvalue weighted by molar-refractivity contribution is -0.138. The average Bonchev–Trinajstić information content (AvgIpc) is 2.98. The first-order valence-electron chi connectivity index (χ1n) is 7.72. The number of allylic oxidation sites excluding steroid dienone is 3. The maximum Gasteiger partial charge on any atom is 0.336 e. The van der Waals surface area contributed by atoms with Crippen molar-refractivity contribution in [1.82, 2.24) is 0 Å². The second-order valence-corrected chi connectivity index (χ2v) is 5.55. The summed E-state index contributed by atoms with van der Waals surface area (Å²) in [5.74, 6) is -0.439. The SMILES string of the molecule is C/C=C/C=C/C(=O)OCc1cc(=O)oc2cc3c(cc12)CCC3. The van der Waals surface area contributed by atoms with Gasteiger partial charge >= 0.3 is 11.6 Å². The second-order valence-electron chi connectivity index (χ2n) is 5.55. The van der Waals surface area contributed by atoms with E-state index in [1.165, 1.54) is 23.3 Å². The van der Waals surface area contributed by atoms with Crippen LogP contribution in [0.3, 0.4) is 0 Å². The minimum absolute atomic E-state index is 0.0555. The summed E-state index contributed by atoms with van der Waals surface area (Å²) in [6, 6.07) is 5.39. The Balaban J connectivity index is 1.88. The van der Waals surface area contributed by atoms with Crippen LogP contribution in [0.4, 0.5) is 0 Å². The van der Waals surface area contributed by atoms with Gasteiger partial charge in [0.1, 0.15) is 12.2 Å². The number of hydrogen-bond donors (Lipinski definition) is 0. The molecular weight excluding hydrogens is 292 g/mol. The van der Waals surface area contributed by atoms with E-state index in [0.717, 1.165) is 24.6 Å². The molecule has 0 N–H and O–H groups in total. The normalized spacial score (nSPS) is 14.0. The van der Waals surface area contributed by atoms with Crippen molar-refractivity contribution in [2.24, 2.45) is 0 Å². The van der Waals surface area contributed by atoms with E-state index in [1.54, 1.807) is 12.2 Å². The van der Waals surface area contributed by atoms with Gasteiger partial charge < -0.3 is 9.15 Å². The van der Waals surface area contributed by atoms with Crippen LogP contribution in [-0.2, 0) is 29.0 Å². The highest BCUT2D eigenvalue weighted by atomic mass is 16.5. The molecule has 0 unspecified atom stereocenters. The number of ether oxygens (including phenoxy) is 1. The molecule has 118 valence electrons. The van der Waals surface area contributed by atoms with Gasteiger partial charge in [-0.15, -0.1) is 0 Å². The van der Waals surface area contributed by atoms with Crippen molar-refractivity contribution in [2.75, 3.05) is 0 Å². The minimum Gasteiger partial charge on any atom is -0.458 e. The van der Waals surface area contributed by atoms with E-state index >= 15 is 0 Å². The molecule has 0 radical (unpaired) electrons. The Morgan fingerprint density at radius 1 is 1.22 bits per heavy atom. The summed E-state index contributed by atoms with van der Waals surface area (Å²) >= 11 is 0. The molecule has 0 saturated carbocycles. The summed E-state index contributed by atoms with van der Waals surface area (Å²) in [6.45, 7) is 1.92. The smallest absolute Gasteiger partial charge is 0.336 e. The van der Waals surface area contributed by atoms with Crippen molar-refractivity contribution >= 4 is 16.9 Å². The molecular formula is C19H18O4. The summed E-state index contributed by atoms with van der Waals surface area (Å²) in [5, 5.41) is 0.843. The Labute approximate surface area is 134 Å². The molecule has 0 atom stereocenters. The molecule has 0 aliphatic heterocycles. The fourth-order valence-electron chi connectivity index (χ4n) is 2.86. The van der Waals surface area contributed by atoms with Crippen LogP contribution in [0, 0.1) is 0 Å². The van der Waals surface area contributed by atoms with Crippen molar-refractivity contribution in [3.05, 3.63) is 69.6 Å². The van der Waals surface area contributed by atoms with E-state index in [4.69, 9.17) is 9.15 Å². The molecule has 0 bridgehead atoms. The first kappa shape index (κ1) is 15.3. The standard InChI is InChI=1S/C19H18O4/c1-2-3-4-8-18(20)22-12-15-11-19(21)23-17-10-14-7-5-6-13(14)9-16(15)17/h2-4,8-11H,5-7,12H2,1H3/b3-2+,8-4+. The lowest BCUT2D eigenvalue weighted by Gasteiger charge is -2.08.